The van der Waals surface area contributed by atoms with Crippen LogP contribution in [-0.2, 0) is 13.1 Å². The van der Waals surface area contributed by atoms with E-state index in [0.29, 0.717) is 19.0 Å². The van der Waals surface area contributed by atoms with Gasteiger partial charge in [-0.2, -0.15) is 0 Å². The summed E-state index contributed by atoms with van der Waals surface area (Å²) in [4.78, 5) is 15.3. The normalized spacial score (nSPS) is 11.2. The van der Waals surface area contributed by atoms with Crippen molar-refractivity contribution in [1.29, 1.82) is 0 Å². The van der Waals surface area contributed by atoms with Crippen LogP contribution in [0, 0.1) is 20.8 Å². The minimum Gasteiger partial charge on any atom is -0.496 e. The lowest BCUT2D eigenvalue weighted by molar-refractivity contribution is 0.309. The number of hydrogen-bond acceptors (Lipinski definition) is 6. The first-order valence-electron chi connectivity index (χ1n) is 8.53. The van der Waals surface area contributed by atoms with Crippen molar-refractivity contribution in [2.24, 2.45) is 0 Å². The molecule has 3 rings (SSSR count). The number of aromatic nitrogens is 3. The van der Waals surface area contributed by atoms with Gasteiger partial charge in [0, 0.05) is 37.2 Å². The van der Waals surface area contributed by atoms with Crippen LogP contribution in [0.3, 0.4) is 0 Å². The fourth-order valence-electron chi connectivity index (χ4n) is 2.93. The molecular weight excluding hydrogens is 328 g/mol. The predicted octanol–water partition coefficient (Wildman–Crippen LogP) is 3.70. The maximum atomic E-state index is 5.95. The summed E-state index contributed by atoms with van der Waals surface area (Å²) in [6.07, 6.45) is 5.16. The Bertz CT molecular complexity index is 890. The molecule has 0 spiro atoms. The molecular formula is C20H24N4O2. The van der Waals surface area contributed by atoms with Gasteiger partial charge >= 0.3 is 0 Å². The Hall–Kier alpha value is -2.73. The third-order valence-electron chi connectivity index (χ3n) is 4.33. The molecule has 0 atom stereocenters. The van der Waals surface area contributed by atoms with Crippen molar-refractivity contribution in [3.05, 3.63) is 59.0 Å². The standard InChI is InChI=1S/C20H24N4O2/c1-13-9-19(25-5)14(2)8-17(13)20-23-18(15(3)26-20)12-24(4)11-16-10-21-6-7-22-16/h6-10H,11-12H2,1-5H3. The Morgan fingerprint density at radius 3 is 2.58 bits per heavy atom. The van der Waals surface area contributed by atoms with E-state index in [1.807, 2.05) is 33.9 Å². The summed E-state index contributed by atoms with van der Waals surface area (Å²) in [5, 5.41) is 0. The van der Waals surface area contributed by atoms with E-state index in [2.05, 4.69) is 20.9 Å². The number of methoxy groups -OCH3 is 1. The Kier molecular flexibility index (Phi) is 5.32. The average molecular weight is 352 g/mol. The van der Waals surface area contributed by atoms with Crippen LogP contribution in [0.5, 0.6) is 5.75 Å². The van der Waals surface area contributed by atoms with E-state index in [9.17, 15) is 0 Å². The maximum absolute atomic E-state index is 5.95. The molecule has 26 heavy (non-hydrogen) atoms. The van der Waals surface area contributed by atoms with Crippen LogP contribution in [0.15, 0.2) is 35.1 Å². The van der Waals surface area contributed by atoms with Gasteiger partial charge in [-0.25, -0.2) is 4.98 Å². The number of benzene rings is 1. The van der Waals surface area contributed by atoms with Gasteiger partial charge in [-0.1, -0.05) is 0 Å². The van der Waals surface area contributed by atoms with Gasteiger partial charge in [0.05, 0.1) is 18.5 Å². The largest absolute Gasteiger partial charge is 0.496 e. The number of hydrogen-bond donors (Lipinski definition) is 0. The van der Waals surface area contributed by atoms with Crippen molar-refractivity contribution in [3.8, 4) is 17.2 Å². The topological polar surface area (TPSA) is 64.3 Å². The number of ether oxygens (including phenoxy) is 1. The predicted molar refractivity (Wildman–Crippen MR) is 99.9 cm³/mol. The molecule has 0 N–H and O–H groups in total. The van der Waals surface area contributed by atoms with Gasteiger partial charge in [0.25, 0.3) is 0 Å². The first kappa shape index (κ1) is 18.1. The minimum atomic E-state index is 0.647. The first-order valence-corrected chi connectivity index (χ1v) is 8.53. The fourth-order valence-corrected chi connectivity index (χ4v) is 2.93. The summed E-state index contributed by atoms with van der Waals surface area (Å²) in [7, 11) is 3.72. The molecule has 0 unspecified atom stereocenters. The molecule has 0 fully saturated rings. The molecule has 0 saturated heterocycles. The number of nitrogens with zero attached hydrogens (tertiary/aromatic N) is 4. The molecule has 2 aromatic heterocycles. The molecule has 0 saturated carbocycles. The van der Waals surface area contributed by atoms with Crippen LogP contribution in [0.2, 0.25) is 0 Å². The molecule has 0 aliphatic heterocycles. The van der Waals surface area contributed by atoms with Gasteiger partial charge in [-0.05, 0) is 51.1 Å². The lowest BCUT2D eigenvalue weighted by Gasteiger charge is -2.14. The minimum absolute atomic E-state index is 0.647. The highest BCUT2D eigenvalue weighted by Gasteiger charge is 2.16. The highest BCUT2D eigenvalue weighted by atomic mass is 16.5. The fraction of sp³-hybridized carbons (Fsp3) is 0.350. The third-order valence-corrected chi connectivity index (χ3v) is 4.33. The van der Waals surface area contributed by atoms with Gasteiger partial charge in [0.2, 0.25) is 5.89 Å². The van der Waals surface area contributed by atoms with E-state index in [0.717, 1.165) is 39.6 Å². The molecule has 0 amide bonds. The third kappa shape index (κ3) is 3.91. The maximum Gasteiger partial charge on any atom is 0.226 e. The SMILES string of the molecule is COc1cc(C)c(-c2nc(CN(C)Cc3cnccn3)c(C)o2)cc1C. The average Bonchev–Trinajstić information content (AvgIpc) is 2.97. The van der Waals surface area contributed by atoms with Crippen LogP contribution in [0.25, 0.3) is 11.5 Å². The zero-order valence-corrected chi connectivity index (χ0v) is 15.9. The number of oxazole rings is 1. The smallest absolute Gasteiger partial charge is 0.226 e. The molecule has 2 heterocycles. The van der Waals surface area contributed by atoms with E-state index < -0.39 is 0 Å². The molecule has 0 bridgehead atoms. The number of rotatable bonds is 6. The zero-order valence-electron chi connectivity index (χ0n) is 15.9. The molecule has 0 aliphatic rings. The first-order chi connectivity index (χ1) is 12.5. The Labute approximate surface area is 153 Å². The summed E-state index contributed by atoms with van der Waals surface area (Å²) < 4.78 is 11.3. The van der Waals surface area contributed by atoms with Gasteiger partial charge < -0.3 is 9.15 Å². The molecule has 136 valence electrons. The second kappa shape index (κ2) is 7.66. The van der Waals surface area contributed by atoms with Crippen molar-refractivity contribution >= 4 is 0 Å². The summed E-state index contributed by atoms with van der Waals surface area (Å²) >= 11 is 0. The monoisotopic (exact) mass is 352 g/mol. The van der Waals surface area contributed by atoms with E-state index >= 15 is 0 Å². The molecule has 3 aromatic rings. The van der Waals surface area contributed by atoms with E-state index in [1.165, 1.54) is 0 Å². The molecule has 1 aromatic carbocycles. The highest BCUT2D eigenvalue weighted by Crippen LogP contribution is 2.30. The highest BCUT2D eigenvalue weighted by molar-refractivity contribution is 5.62. The molecule has 0 aliphatic carbocycles. The molecule has 6 heteroatoms. The lowest BCUT2D eigenvalue weighted by Crippen LogP contribution is -2.18. The summed E-state index contributed by atoms with van der Waals surface area (Å²) in [6, 6.07) is 4.08. The van der Waals surface area contributed by atoms with Crippen molar-refractivity contribution in [2.45, 2.75) is 33.9 Å². The quantitative estimate of drug-likeness (QED) is 0.674. The molecule has 6 nitrogen and oxygen atoms in total. The van der Waals surface area contributed by atoms with E-state index in [-0.39, 0.29) is 0 Å². The van der Waals surface area contributed by atoms with Crippen molar-refractivity contribution < 1.29 is 9.15 Å². The van der Waals surface area contributed by atoms with E-state index in [1.54, 1.807) is 25.7 Å². The van der Waals surface area contributed by atoms with Crippen LogP contribution >= 0.6 is 0 Å². The van der Waals surface area contributed by atoms with Crippen molar-refractivity contribution in [2.75, 3.05) is 14.2 Å². The summed E-state index contributed by atoms with van der Waals surface area (Å²) in [6.45, 7) is 7.40. The van der Waals surface area contributed by atoms with Crippen LogP contribution in [0.4, 0.5) is 0 Å². The van der Waals surface area contributed by atoms with Crippen LogP contribution < -0.4 is 4.74 Å². The van der Waals surface area contributed by atoms with Gasteiger partial charge in [-0.3, -0.25) is 14.9 Å². The number of aryl methyl sites for hydroxylation is 3. The van der Waals surface area contributed by atoms with Crippen molar-refractivity contribution in [1.82, 2.24) is 19.9 Å². The Balaban J connectivity index is 1.80. The lowest BCUT2D eigenvalue weighted by atomic mass is 10.0. The Morgan fingerprint density at radius 2 is 1.88 bits per heavy atom. The molecule has 0 radical (unpaired) electrons. The van der Waals surface area contributed by atoms with Crippen molar-refractivity contribution in [3.63, 3.8) is 0 Å². The van der Waals surface area contributed by atoms with Crippen LogP contribution in [-0.4, -0.2) is 34.0 Å². The Morgan fingerprint density at radius 1 is 1.08 bits per heavy atom. The van der Waals surface area contributed by atoms with Gasteiger partial charge in [0.15, 0.2) is 0 Å². The second-order valence-corrected chi connectivity index (χ2v) is 6.53. The van der Waals surface area contributed by atoms with E-state index in [4.69, 9.17) is 14.1 Å². The van der Waals surface area contributed by atoms with Gasteiger partial charge in [-0.15, -0.1) is 0 Å². The van der Waals surface area contributed by atoms with Gasteiger partial charge in [0.1, 0.15) is 11.5 Å². The zero-order chi connectivity index (χ0) is 18.7. The second-order valence-electron chi connectivity index (χ2n) is 6.53. The summed E-state index contributed by atoms with van der Waals surface area (Å²) in [5.41, 5.74) is 4.99. The summed E-state index contributed by atoms with van der Waals surface area (Å²) in [5.74, 6) is 2.35. The van der Waals surface area contributed by atoms with Crippen LogP contribution in [0.1, 0.15) is 28.3 Å².